The number of methoxy groups -OCH3 is 1. The van der Waals surface area contributed by atoms with Gasteiger partial charge in [0.05, 0.1) is 4.90 Å². The van der Waals surface area contributed by atoms with Crippen molar-refractivity contribution >= 4 is 15.7 Å². The molecule has 1 atom stereocenters. The van der Waals surface area contributed by atoms with E-state index in [4.69, 9.17) is 4.74 Å². The van der Waals surface area contributed by atoms with Crippen molar-refractivity contribution in [1.82, 2.24) is 4.31 Å². The van der Waals surface area contributed by atoms with Crippen molar-refractivity contribution in [3.63, 3.8) is 0 Å². The minimum atomic E-state index is -3.38. The van der Waals surface area contributed by atoms with Gasteiger partial charge in [0, 0.05) is 39.5 Å². The Bertz CT molecular complexity index is 500. The van der Waals surface area contributed by atoms with Crippen LogP contribution in [0.5, 0.6) is 0 Å². The monoisotopic (exact) mass is 286 g/mol. The molecule has 0 spiro atoms. The van der Waals surface area contributed by atoms with Crippen molar-refractivity contribution in [2.45, 2.75) is 24.3 Å². The summed E-state index contributed by atoms with van der Waals surface area (Å²) in [6.45, 7) is 2.70. The van der Waals surface area contributed by atoms with Crippen LogP contribution < -0.4 is 5.32 Å². The van der Waals surface area contributed by atoms with Crippen LogP contribution in [0, 0.1) is 0 Å². The molecule has 1 aromatic rings. The predicted octanol–water partition coefficient (Wildman–Crippen LogP) is 1.77. The summed E-state index contributed by atoms with van der Waals surface area (Å²) >= 11 is 0. The summed E-state index contributed by atoms with van der Waals surface area (Å²) in [5, 5.41) is 3.27. The van der Waals surface area contributed by atoms with Crippen molar-refractivity contribution in [3.05, 3.63) is 24.3 Å². The number of anilines is 1. The van der Waals surface area contributed by atoms with Gasteiger partial charge in [0.2, 0.25) is 10.0 Å². The van der Waals surface area contributed by atoms with Gasteiger partial charge in [-0.05, 0) is 31.5 Å². The summed E-state index contributed by atoms with van der Waals surface area (Å²) in [4.78, 5) is 0.293. The van der Waals surface area contributed by atoms with Crippen molar-refractivity contribution in [1.29, 1.82) is 0 Å². The van der Waals surface area contributed by atoms with E-state index in [9.17, 15) is 8.42 Å². The van der Waals surface area contributed by atoms with Crippen LogP contribution in [-0.2, 0) is 14.8 Å². The molecule has 0 aromatic heterocycles. The Labute approximate surface area is 115 Å². The molecule has 1 rings (SSSR count). The maximum Gasteiger partial charge on any atom is 0.242 e. The highest BCUT2D eigenvalue weighted by Gasteiger charge is 2.17. The van der Waals surface area contributed by atoms with Crippen LogP contribution >= 0.6 is 0 Å². The van der Waals surface area contributed by atoms with E-state index in [0.29, 0.717) is 11.5 Å². The van der Waals surface area contributed by atoms with E-state index in [1.807, 2.05) is 13.0 Å². The van der Waals surface area contributed by atoms with E-state index >= 15 is 0 Å². The number of nitrogens with one attached hydrogen (secondary N) is 1. The lowest BCUT2D eigenvalue weighted by atomic mass is 10.2. The standard InChI is InChI=1S/C13H22N2O3S/c1-11(8-9-18-4)14-12-6-5-7-13(10-12)19(16,17)15(2)3/h5-7,10-11,14H,8-9H2,1-4H3. The average molecular weight is 286 g/mol. The normalized spacial score (nSPS) is 13.5. The van der Waals surface area contributed by atoms with Gasteiger partial charge in [-0.15, -0.1) is 0 Å². The van der Waals surface area contributed by atoms with Gasteiger partial charge in [-0.1, -0.05) is 6.07 Å². The van der Waals surface area contributed by atoms with E-state index < -0.39 is 10.0 Å². The highest BCUT2D eigenvalue weighted by Crippen LogP contribution is 2.18. The Kier molecular flexibility index (Phi) is 5.78. The van der Waals surface area contributed by atoms with Gasteiger partial charge in [0.15, 0.2) is 0 Å². The molecule has 0 aliphatic rings. The third kappa shape index (κ3) is 4.49. The highest BCUT2D eigenvalue weighted by atomic mass is 32.2. The third-order valence-corrected chi connectivity index (χ3v) is 4.59. The zero-order chi connectivity index (χ0) is 14.5. The molecule has 0 amide bonds. The van der Waals surface area contributed by atoms with Crippen LogP contribution in [0.1, 0.15) is 13.3 Å². The summed E-state index contributed by atoms with van der Waals surface area (Å²) in [5.41, 5.74) is 0.798. The van der Waals surface area contributed by atoms with Crippen LogP contribution in [0.15, 0.2) is 29.2 Å². The molecular weight excluding hydrogens is 264 g/mol. The third-order valence-electron chi connectivity index (χ3n) is 2.78. The van der Waals surface area contributed by atoms with Crippen LogP contribution in [-0.4, -0.2) is 46.6 Å². The van der Waals surface area contributed by atoms with E-state index in [-0.39, 0.29) is 6.04 Å². The van der Waals surface area contributed by atoms with Crippen molar-refractivity contribution in [2.75, 3.05) is 33.1 Å². The molecule has 0 saturated carbocycles. The predicted molar refractivity (Wildman–Crippen MR) is 76.9 cm³/mol. The van der Waals surface area contributed by atoms with Crippen LogP contribution in [0.4, 0.5) is 5.69 Å². The smallest absolute Gasteiger partial charge is 0.242 e. The Morgan fingerprint density at radius 2 is 2.05 bits per heavy atom. The molecule has 0 radical (unpaired) electrons. The Balaban J connectivity index is 2.84. The molecule has 108 valence electrons. The molecule has 1 aromatic carbocycles. The van der Waals surface area contributed by atoms with Crippen LogP contribution in [0.25, 0.3) is 0 Å². The van der Waals surface area contributed by atoms with E-state index in [1.165, 1.54) is 18.4 Å². The zero-order valence-electron chi connectivity index (χ0n) is 11.9. The molecule has 0 aliphatic heterocycles. The fraction of sp³-hybridized carbons (Fsp3) is 0.538. The first-order chi connectivity index (χ1) is 8.87. The molecule has 1 unspecified atom stereocenters. The SMILES string of the molecule is COCCC(C)Nc1cccc(S(=O)(=O)N(C)C)c1. The molecular formula is C13H22N2O3S. The molecule has 0 saturated heterocycles. The molecule has 1 N–H and O–H groups in total. The Morgan fingerprint density at radius 3 is 2.63 bits per heavy atom. The largest absolute Gasteiger partial charge is 0.385 e. The number of hydrogen-bond donors (Lipinski definition) is 1. The number of hydrogen-bond acceptors (Lipinski definition) is 4. The lowest BCUT2D eigenvalue weighted by Crippen LogP contribution is -2.22. The second-order valence-electron chi connectivity index (χ2n) is 4.64. The van der Waals surface area contributed by atoms with Gasteiger partial charge in [-0.3, -0.25) is 0 Å². The summed E-state index contributed by atoms with van der Waals surface area (Å²) in [5.74, 6) is 0. The molecule has 19 heavy (non-hydrogen) atoms. The first-order valence-corrected chi connectivity index (χ1v) is 7.60. The van der Waals surface area contributed by atoms with Crippen LogP contribution in [0.3, 0.4) is 0 Å². The molecule has 0 aliphatic carbocycles. The summed E-state index contributed by atoms with van der Waals surface area (Å²) in [6, 6.07) is 7.07. The minimum Gasteiger partial charge on any atom is -0.385 e. The molecule has 0 fully saturated rings. The van der Waals surface area contributed by atoms with E-state index in [1.54, 1.807) is 25.3 Å². The number of rotatable bonds is 7. The van der Waals surface area contributed by atoms with Crippen molar-refractivity contribution in [2.24, 2.45) is 0 Å². The molecule has 0 heterocycles. The van der Waals surface area contributed by atoms with Gasteiger partial charge in [0.25, 0.3) is 0 Å². The number of nitrogens with zero attached hydrogens (tertiary/aromatic N) is 1. The van der Waals surface area contributed by atoms with Crippen LogP contribution in [0.2, 0.25) is 0 Å². The second-order valence-corrected chi connectivity index (χ2v) is 6.79. The summed E-state index contributed by atoms with van der Waals surface area (Å²) < 4.78 is 30.3. The number of sulfonamides is 1. The van der Waals surface area contributed by atoms with Gasteiger partial charge in [-0.25, -0.2) is 12.7 Å². The first kappa shape index (κ1) is 15.9. The molecule has 6 heteroatoms. The Morgan fingerprint density at radius 1 is 1.37 bits per heavy atom. The maximum absolute atomic E-state index is 12.0. The lowest BCUT2D eigenvalue weighted by Gasteiger charge is -2.16. The van der Waals surface area contributed by atoms with Gasteiger partial charge in [0.1, 0.15) is 0 Å². The van der Waals surface area contributed by atoms with E-state index in [2.05, 4.69) is 5.32 Å². The lowest BCUT2D eigenvalue weighted by molar-refractivity contribution is 0.191. The quantitative estimate of drug-likeness (QED) is 0.830. The van der Waals surface area contributed by atoms with Gasteiger partial charge in [-0.2, -0.15) is 0 Å². The summed E-state index contributed by atoms with van der Waals surface area (Å²) in [6.07, 6.45) is 0.862. The van der Waals surface area contributed by atoms with Gasteiger partial charge >= 0.3 is 0 Å². The maximum atomic E-state index is 12.0. The molecule has 5 nitrogen and oxygen atoms in total. The van der Waals surface area contributed by atoms with Gasteiger partial charge < -0.3 is 10.1 Å². The fourth-order valence-electron chi connectivity index (χ4n) is 1.61. The average Bonchev–Trinajstić information content (AvgIpc) is 2.36. The highest BCUT2D eigenvalue weighted by molar-refractivity contribution is 7.89. The zero-order valence-corrected chi connectivity index (χ0v) is 12.7. The topological polar surface area (TPSA) is 58.6 Å². The summed E-state index contributed by atoms with van der Waals surface area (Å²) in [7, 11) is 1.33. The minimum absolute atomic E-state index is 0.220. The van der Waals surface area contributed by atoms with E-state index in [0.717, 1.165) is 12.1 Å². The first-order valence-electron chi connectivity index (χ1n) is 6.16. The van der Waals surface area contributed by atoms with Crippen molar-refractivity contribution in [3.8, 4) is 0 Å². The number of ether oxygens (including phenoxy) is 1. The van der Waals surface area contributed by atoms with Crippen molar-refractivity contribution < 1.29 is 13.2 Å². The fourth-order valence-corrected chi connectivity index (χ4v) is 2.56. The Hall–Kier alpha value is -1.11. The number of benzene rings is 1. The second kappa shape index (κ2) is 6.88. The molecule has 0 bridgehead atoms.